The third-order valence-corrected chi connectivity index (χ3v) is 7.75. The number of hydrogen-bond acceptors (Lipinski definition) is 5. The van der Waals surface area contributed by atoms with Crippen LogP contribution in [0.2, 0.25) is 10.0 Å². The lowest BCUT2D eigenvalue weighted by atomic mass is 9.90. The fraction of sp³-hybridized carbons (Fsp3) is 0.0714. The Morgan fingerprint density at radius 2 is 1.50 bits per heavy atom. The average Bonchev–Trinajstić information content (AvgIpc) is 3.38. The van der Waals surface area contributed by atoms with Gasteiger partial charge in [0, 0.05) is 22.2 Å². The first-order valence-corrected chi connectivity index (χ1v) is 13.8. The normalized spacial score (nSPS) is 15.8. The minimum Gasteiger partial charge on any atom is -0.295 e. The van der Waals surface area contributed by atoms with E-state index in [0.29, 0.717) is 15.8 Å². The topological polar surface area (TPSA) is 98.8 Å². The zero-order chi connectivity index (χ0) is 26.7. The predicted molar refractivity (Wildman–Crippen MR) is 151 cm³/mol. The van der Waals surface area contributed by atoms with Crippen molar-refractivity contribution in [2.24, 2.45) is 9.50 Å². The van der Waals surface area contributed by atoms with E-state index >= 15 is 0 Å². The van der Waals surface area contributed by atoms with Gasteiger partial charge in [-0.1, -0.05) is 71.7 Å². The maximum Gasteiger partial charge on any atom is 0.284 e. The van der Waals surface area contributed by atoms with Gasteiger partial charge in [0.05, 0.1) is 22.8 Å². The van der Waals surface area contributed by atoms with E-state index in [1.54, 1.807) is 30.3 Å². The first-order chi connectivity index (χ1) is 18.3. The van der Waals surface area contributed by atoms with Gasteiger partial charge in [0.2, 0.25) is 0 Å². The van der Waals surface area contributed by atoms with Crippen molar-refractivity contribution >= 4 is 50.5 Å². The minimum atomic E-state index is -4.20. The number of nitrogens with zero attached hydrogens (tertiary/aromatic N) is 4. The van der Waals surface area contributed by atoms with Gasteiger partial charge in [-0.2, -0.15) is 13.5 Å². The maximum atomic E-state index is 13.3. The van der Waals surface area contributed by atoms with Gasteiger partial charge in [0.1, 0.15) is 5.71 Å². The molecule has 3 aromatic carbocycles. The summed E-state index contributed by atoms with van der Waals surface area (Å²) in [6.45, 7) is 0.270. The molecule has 0 bridgehead atoms. The van der Waals surface area contributed by atoms with E-state index < -0.39 is 10.0 Å². The molecule has 1 atom stereocenters. The summed E-state index contributed by atoms with van der Waals surface area (Å²) in [5.74, 6) is -0.346. The molecule has 1 aliphatic heterocycles. The molecule has 0 spiro atoms. The van der Waals surface area contributed by atoms with Gasteiger partial charge in [-0.15, -0.1) is 4.40 Å². The molecule has 0 fully saturated rings. The van der Waals surface area contributed by atoms with E-state index in [1.165, 1.54) is 35.5 Å². The van der Waals surface area contributed by atoms with Crippen LogP contribution in [0.1, 0.15) is 22.7 Å². The molecule has 38 heavy (non-hydrogen) atoms. The SMILES string of the molecule is N=C(/C(=N\S(=O)(=O)c1ccc(Cl)cc1)N1CC(c2ccccc2)C(c2ccc(Cl)cc2)=N1)c1ccccn1. The van der Waals surface area contributed by atoms with Gasteiger partial charge < -0.3 is 0 Å². The quantitative estimate of drug-likeness (QED) is 0.229. The van der Waals surface area contributed by atoms with E-state index in [0.717, 1.165) is 11.1 Å². The van der Waals surface area contributed by atoms with Crippen LogP contribution in [-0.2, 0) is 10.0 Å². The Morgan fingerprint density at radius 1 is 0.868 bits per heavy atom. The number of rotatable bonds is 6. The van der Waals surface area contributed by atoms with Gasteiger partial charge in [-0.25, -0.2) is 5.01 Å². The van der Waals surface area contributed by atoms with Crippen molar-refractivity contribution in [1.82, 2.24) is 9.99 Å². The fourth-order valence-corrected chi connectivity index (χ4v) is 5.33. The monoisotopic (exact) mass is 561 g/mol. The number of pyridine rings is 1. The van der Waals surface area contributed by atoms with Crippen molar-refractivity contribution in [3.63, 3.8) is 0 Å². The largest absolute Gasteiger partial charge is 0.295 e. The van der Waals surface area contributed by atoms with Crippen LogP contribution in [0.4, 0.5) is 0 Å². The van der Waals surface area contributed by atoms with Gasteiger partial charge in [-0.05, 0) is 59.7 Å². The second-order valence-electron chi connectivity index (χ2n) is 8.47. The Bertz CT molecular complexity index is 1620. The molecule has 1 unspecified atom stereocenters. The molecular weight excluding hydrogens is 541 g/mol. The Balaban J connectivity index is 1.64. The molecule has 1 aliphatic rings. The second-order valence-corrected chi connectivity index (χ2v) is 10.9. The first-order valence-electron chi connectivity index (χ1n) is 11.6. The molecule has 0 radical (unpaired) electrons. The fourth-order valence-electron chi connectivity index (χ4n) is 4.08. The number of nitrogens with one attached hydrogen (secondary N) is 1. The highest BCUT2D eigenvalue weighted by atomic mass is 35.5. The summed E-state index contributed by atoms with van der Waals surface area (Å²) in [6.07, 6.45) is 1.54. The van der Waals surface area contributed by atoms with Crippen molar-refractivity contribution in [2.75, 3.05) is 6.54 Å². The molecule has 4 aromatic rings. The van der Waals surface area contributed by atoms with Gasteiger partial charge >= 0.3 is 0 Å². The molecule has 2 heterocycles. The van der Waals surface area contributed by atoms with Crippen LogP contribution in [0.3, 0.4) is 0 Å². The molecule has 0 aliphatic carbocycles. The van der Waals surface area contributed by atoms with Crippen molar-refractivity contribution in [2.45, 2.75) is 10.8 Å². The number of hydrazone groups is 1. The summed E-state index contributed by atoms with van der Waals surface area (Å²) in [4.78, 5) is 4.19. The summed E-state index contributed by atoms with van der Waals surface area (Å²) in [5, 5.41) is 16.2. The van der Waals surface area contributed by atoms with Gasteiger partial charge in [0.25, 0.3) is 10.0 Å². The Kier molecular flexibility index (Phi) is 7.37. The van der Waals surface area contributed by atoms with E-state index in [-0.39, 0.29) is 34.6 Å². The van der Waals surface area contributed by atoms with Crippen molar-refractivity contribution in [3.8, 4) is 0 Å². The van der Waals surface area contributed by atoms with Crippen molar-refractivity contribution in [1.29, 1.82) is 5.41 Å². The molecule has 7 nitrogen and oxygen atoms in total. The van der Waals surface area contributed by atoms with E-state index in [1.807, 2.05) is 42.5 Å². The number of aromatic nitrogens is 1. The molecule has 5 rings (SSSR count). The van der Waals surface area contributed by atoms with Crippen molar-refractivity contribution < 1.29 is 8.42 Å². The molecule has 0 saturated carbocycles. The molecule has 0 saturated heterocycles. The lowest BCUT2D eigenvalue weighted by Crippen LogP contribution is -2.34. The Morgan fingerprint density at radius 3 is 2.13 bits per heavy atom. The van der Waals surface area contributed by atoms with E-state index in [9.17, 15) is 8.42 Å². The van der Waals surface area contributed by atoms with Gasteiger partial charge in [0.15, 0.2) is 5.84 Å². The zero-order valence-corrected chi connectivity index (χ0v) is 22.2. The van der Waals surface area contributed by atoms with Crippen molar-refractivity contribution in [3.05, 3.63) is 130 Å². The maximum absolute atomic E-state index is 13.3. The standard InChI is InChI=1S/C28H21Cl2N5O2S/c29-21-11-9-20(10-12-21)27-24(19-6-2-1-3-7-19)18-35(33-27)28(26(31)25-8-4-5-17-32-25)34-38(36,37)23-15-13-22(30)14-16-23/h1-17,24,31H,18H2/b31-26?,34-28+. The van der Waals surface area contributed by atoms with Crippen LogP contribution >= 0.6 is 23.2 Å². The summed E-state index contributed by atoms with van der Waals surface area (Å²) < 4.78 is 30.8. The van der Waals surface area contributed by atoms with Crippen LogP contribution < -0.4 is 0 Å². The summed E-state index contributed by atoms with van der Waals surface area (Å²) in [5.41, 5.74) is 2.63. The highest BCUT2D eigenvalue weighted by molar-refractivity contribution is 7.90. The highest BCUT2D eigenvalue weighted by Gasteiger charge is 2.34. The Labute approximate surface area is 230 Å². The number of halogens is 2. The van der Waals surface area contributed by atoms with Crippen LogP contribution in [-0.4, -0.2) is 42.2 Å². The van der Waals surface area contributed by atoms with Crippen LogP contribution in [0.25, 0.3) is 0 Å². The Hall–Kier alpha value is -3.85. The smallest absolute Gasteiger partial charge is 0.284 e. The number of hydrogen-bond donors (Lipinski definition) is 1. The molecule has 0 amide bonds. The third-order valence-electron chi connectivity index (χ3n) is 5.96. The minimum absolute atomic E-state index is 0.0473. The summed E-state index contributed by atoms with van der Waals surface area (Å²) in [6, 6.07) is 27.9. The highest BCUT2D eigenvalue weighted by Crippen LogP contribution is 2.30. The molecule has 1 aromatic heterocycles. The molecule has 10 heteroatoms. The molecule has 1 N–H and O–H groups in total. The molecule has 190 valence electrons. The van der Waals surface area contributed by atoms with E-state index in [2.05, 4.69) is 9.38 Å². The third kappa shape index (κ3) is 5.52. The lowest BCUT2D eigenvalue weighted by molar-refractivity contribution is 0.480. The second kappa shape index (κ2) is 10.9. The zero-order valence-electron chi connectivity index (χ0n) is 19.9. The number of benzene rings is 3. The average molecular weight is 562 g/mol. The first kappa shape index (κ1) is 25.8. The summed E-state index contributed by atoms with van der Waals surface area (Å²) >= 11 is 12.1. The molecular formula is C28H21Cl2N5O2S. The lowest BCUT2D eigenvalue weighted by Gasteiger charge is -2.19. The van der Waals surface area contributed by atoms with Crippen LogP contribution in [0.15, 0.2) is 118 Å². The van der Waals surface area contributed by atoms with Gasteiger partial charge in [-0.3, -0.25) is 10.4 Å². The predicted octanol–water partition coefficient (Wildman–Crippen LogP) is 6.05. The summed E-state index contributed by atoms with van der Waals surface area (Å²) in [7, 11) is -4.20. The number of sulfonamides is 1. The van der Waals surface area contributed by atoms with Crippen LogP contribution in [0, 0.1) is 5.41 Å². The number of amidine groups is 1. The van der Waals surface area contributed by atoms with E-state index in [4.69, 9.17) is 33.7 Å². The van der Waals surface area contributed by atoms with Crippen LogP contribution in [0.5, 0.6) is 0 Å².